The lowest BCUT2D eigenvalue weighted by molar-refractivity contribution is 0.199. The van der Waals surface area contributed by atoms with E-state index in [4.69, 9.17) is 4.74 Å². The summed E-state index contributed by atoms with van der Waals surface area (Å²) in [5.74, 6) is 0. The predicted octanol–water partition coefficient (Wildman–Crippen LogP) is 2.35. The van der Waals surface area contributed by atoms with Crippen LogP contribution in [0.4, 0.5) is 0 Å². The van der Waals surface area contributed by atoms with Crippen LogP contribution in [0.1, 0.15) is 6.92 Å². The first-order chi connectivity index (χ1) is 9.31. The molecule has 0 saturated heterocycles. The standard InChI is InChI=1S/C14H19N3OS/c1-11(9-15-7-8-18-2)19-14-12-5-3-4-6-13(12)16-10-17-14/h3-6,10-11,15H,7-9H2,1-2H3. The SMILES string of the molecule is COCCNCC(C)Sc1ncnc2ccccc12. The van der Waals surface area contributed by atoms with Crippen LogP contribution in [0, 0.1) is 0 Å². The van der Waals surface area contributed by atoms with Crippen molar-refractivity contribution in [3.63, 3.8) is 0 Å². The van der Waals surface area contributed by atoms with Crippen LogP contribution in [0.5, 0.6) is 0 Å². The third kappa shape index (κ3) is 4.16. The molecule has 2 aromatic rings. The van der Waals surface area contributed by atoms with Gasteiger partial charge in [-0.15, -0.1) is 11.8 Å². The fraction of sp³-hybridized carbons (Fsp3) is 0.429. The van der Waals surface area contributed by atoms with Gasteiger partial charge in [0.15, 0.2) is 0 Å². The van der Waals surface area contributed by atoms with E-state index in [1.54, 1.807) is 25.2 Å². The molecule has 1 atom stereocenters. The minimum atomic E-state index is 0.454. The van der Waals surface area contributed by atoms with Crippen LogP contribution < -0.4 is 5.32 Å². The van der Waals surface area contributed by atoms with Crippen LogP contribution in [-0.2, 0) is 4.74 Å². The van der Waals surface area contributed by atoms with E-state index in [1.165, 1.54) is 0 Å². The molecule has 0 radical (unpaired) electrons. The molecular formula is C14H19N3OS. The zero-order chi connectivity index (χ0) is 13.5. The Morgan fingerprint density at radius 2 is 2.16 bits per heavy atom. The number of rotatable bonds is 7. The summed E-state index contributed by atoms with van der Waals surface area (Å²) in [7, 11) is 1.72. The maximum atomic E-state index is 5.01. The molecule has 1 heterocycles. The Morgan fingerprint density at radius 3 is 3.00 bits per heavy atom. The number of fused-ring (bicyclic) bond motifs is 1. The lowest BCUT2D eigenvalue weighted by atomic mass is 10.2. The summed E-state index contributed by atoms with van der Waals surface area (Å²) in [5, 5.41) is 5.99. The molecule has 0 amide bonds. The number of hydrogen-bond donors (Lipinski definition) is 1. The third-order valence-electron chi connectivity index (χ3n) is 2.73. The van der Waals surface area contributed by atoms with E-state index in [9.17, 15) is 0 Å². The van der Waals surface area contributed by atoms with Gasteiger partial charge in [-0.3, -0.25) is 0 Å². The lowest BCUT2D eigenvalue weighted by Gasteiger charge is -2.12. The second kappa shape index (κ2) is 7.43. The first kappa shape index (κ1) is 14.2. The summed E-state index contributed by atoms with van der Waals surface area (Å²) >= 11 is 1.78. The van der Waals surface area contributed by atoms with Crippen LogP contribution in [0.15, 0.2) is 35.6 Å². The van der Waals surface area contributed by atoms with Crippen molar-refractivity contribution in [1.29, 1.82) is 0 Å². The minimum absolute atomic E-state index is 0.454. The molecule has 1 N–H and O–H groups in total. The zero-order valence-electron chi connectivity index (χ0n) is 11.3. The molecule has 102 valence electrons. The summed E-state index contributed by atoms with van der Waals surface area (Å²) in [6.45, 7) is 4.76. The van der Waals surface area contributed by atoms with Gasteiger partial charge in [0.05, 0.1) is 12.1 Å². The van der Waals surface area contributed by atoms with Gasteiger partial charge in [0.25, 0.3) is 0 Å². The summed E-state index contributed by atoms with van der Waals surface area (Å²) in [6, 6.07) is 8.11. The number of thioether (sulfide) groups is 1. The van der Waals surface area contributed by atoms with Gasteiger partial charge in [-0.25, -0.2) is 9.97 Å². The average Bonchev–Trinajstić information content (AvgIpc) is 2.44. The fourth-order valence-corrected chi connectivity index (χ4v) is 2.78. The van der Waals surface area contributed by atoms with Gasteiger partial charge in [-0.2, -0.15) is 0 Å². The van der Waals surface area contributed by atoms with E-state index in [0.29, 0.717) is 5.25 Å². The highest BCUT2D eigenvalue weighted by atomic mass is 32.2. The van der Waals surface area contributed by atoms with E-state index >= 15 is 0 Å². The van der Waals surface area contributed by atoms with E-state index in [-0.39, 0.29) is 0 Å². The second-order valence-corrected chi connectivity index (χ2v) is 5.75. The monoisotopic (exact) mass is 277 g/mol. The minimum Gasteiger partial charge on any atom is -0.383 e. The first-order valence-corrected chi connectivity index (χ1v) is 7.25. The molecule has 19 heavy (non-hydrogen) atoms. The molecule has 2 rings (SSSR count). The molecule has 0 fully saturated rings. The summed E-state index contributed by atoms with van der Waals surface area (Å²) in [6.07, 6.45) is 1.63. The maximum Gasteiger partial charge on any atom is 0.117 e. The van der Waals surface area contributed by atoms with Crippen LogP contribution in [0.2, 0.25) is 0 Å². The van der Waals surface area contributed by atoms with E-state index in [1.807, 2.05) is 18.2 Å². The number of ether oxygens (including phenoxy) is 1. The predicted molar refractivity (Wildman–Crippen MR) is 79.6 cm³/mol. The molecular weight excluding hydrogens is 258 g/mol. The summed E-state index contributed by atoms with van der Waals surface area (Å²) < 4.78 is 5.01. The van der Waals surface area contributed by atoms with Gasteiger partial charge < -0.3 is 10.1 Å². The molecule has 1 aromatic carbocycles. The quantitative estimate of drug-likeness (QED) is 0.478. The van der Waals surface area contributed by atoms with Crippen LogP contribution in [-0.4, -0.2) is 42.0 Å². The molecule has 0 saturated carbocycles. The molecule has 0 bridgehead atoms. The van der Waals surface area contributed by atoms with Crippen molar-refractivity contribution in [2.45, 2.75) is 17.2 Å². The Labute approximate surface area is 118 Å². The van der Waals surface area contributed by atoms with Gasteiger partial charge in [0, 0.05) is 30.8 Å². The van der Waals surface area contributed by atoms with Gasteiger partial charge in [0.1, 0.15) is 11.4 Å². The molecule has 1 aromatic heterocycles. The van der Waals surface area contributed by atoms with Crippen molar-refractivity contribution in [1.82, 2.24) is 15.3 Å². The lowest BCUT2D eigenvalue weighted by Crippen LogP contribution is -2.26. The Morgan fingerprint density at radius 1 is 1.32 bits per heavy atom. The summed E-state index contributed by atoms with van der Waals surface area (Å²) in [5.41, 5.74) is 1.000. The largest absolute Gasteiger partial charge is 0.383 e. The number of methoxy groups -OCH3 is 1. The molecule has 0 aliphatic carbocycles. The number of nitrogens with zero attached hydrogens (tertiary/aromatic N) is 2. The number of nitrogens with one attached hydrogen (secondary N) is 1. The molecule has 5 heteroatoms. The molecule has 1 unspecified atom stereocenters. The van der Waals surface area contributed by atoms with Gasteiger partial charge in [0.2, 0.25) is 0 Å². The zero-order valence-corrected chi connectivity index (χ0v) is 12.1. The van der Waals surface area contributed by atoms with Crippen LogP contribution in [0.3, 0.4) is 0 Å². The highest BCUT2D eigenvalue weighted by Crippen LogP contribution is 2.27. The van der Waals surface area contributed by atoms with Crippen molar-refractivity contribution in [2.75, 3.05) is 26.8 Å². The van der Waals surface area contributed by atoms with Crippen molar-refractivity contribution in [3.05, 3.63) is 30.6 Å². The first-order valence-electron chi connectivity index (χ1n) is 6.37. The number of aromatic nitrogens is 2. The Balaban J connectivity index is 1.97. The number of benzene rings is 1. The maximum absolute atomic E-state index is 5.01. The van der Waals surface area contributed by atoms with Crippen LogP contribution >= 0.6 is 11.8 Å². The average molecular weight is 277 g/mol. The van der Waals surface area contributed by atoms with Gasteiger partial charge in [-0.05, 0) is 6.07 Å². The van der Waals surface area contributed by atoms with Crippen molar-refractivity contribution in [2.24, 2.45) is 0 Å². The van der Waals surface area contributed by atoms with Crippen molar-refractivity contribution in [3.8, 4) is 0 Å². The van der Waals surface area contributed by atoms with Crippen molar-refractivity contribution < 1.29 is 4.74 Å². The highest BCUT2D eigenvalue weighted by Gasteiger charge is 2.08. The molecule has 4 nitrogen and oxygen atoms in total. The van der Waals surface area contributed by atoms with E-state index < -0.39 is 0 Å². The Bertz CT molecular complexity index is 516. The van der Waals surface area contributed by atoms with E-state index in [0.717, 1.165) is 35.6 Å². The highest BCUT2D eigenvalue weighted by molar-refractivity contribution is 8.00. The Kier molecular flexibility index (Phi) is 5.57. The molecule has 0 aliphatic heterocycles. The second-order valence-electron chi connectivity index (χ2n) is 4.32. The Hall–Kier alpha value is -1.17. The fourth-order valence-electron chi connectivity index (χ4n) is 1.79. The normalized spacial score (nSPS) is 12.7. The number of hydrogen-bond acceptors (Lipinski definition) is 5. The van der Waals surface area contributed by atoms with Crippen LogP contribution in [0.25, 0.3) is 10.9 Å². The van der Waals surface area contributed by atoms with Gasteiger partial charge in [-0.1, -0.05) is 25.1 Å². The van der Waals surface area contributed by atoms with E-state index in [2.05, 4.69) is 28.3 Å². The van der Waals surface area contributed by atoms with Crippen molar-refractivity contribution >= 4 is 22.7 Å². The smallest absolute Gasteiger partial charge is 0.117 e. The summed E-state index contributed by atoms with van der Waals surface area (Å²) in [4.78, 5) is 8.67. The van der Waals surface area contributed by atoms with Gasteiger partial charge >= 0.3 is 0 Å². The topological polar surface area (TPSA) is 47.0 Å². The third-order valence-corrected chi connectivity index (χ3v) is 3.85. The number of para-hydroxylation sites is 1. The molecule has 0 aliphatic rings. The molecule has 0 spiro atoms.